The standard InChI is InChI=1S/C23H21N3O3S3/c1-4-29-23(28)19-13(2)14(3)31-22(19)26-18(27)11-30-20-16-10-17(15-8-6-5-7-9-15)32-21(16)25-12-24-20/h5-10,12H,4,11H2,1-3H3,(H,26,27). The Hall–Kier alpha value is -2.75. The third-order valence-electron chi connectivity index (χ3n) is 4.81. The summed E-state index contributed by atoms with van der Waals surface area (Å²) >= 11 is 4.34. The molecule has 0 aliphatic rings. The number of aromatic nitrogens is 2. The maximum absolute atomic E-state index is 12.7. The molecule has 9 heteroatoms. The molecule has 3 heterocycles. The molecule has 0 spiro atoms. The molecule has 4 aromatic rings. The zero-order valence-electron chi connectivity index (χ0n) is 17.8. The average molecular weight is 484 g/mol. The van der Waals surface area contributed by atoms with E-state index in [1.54, 1.807) is 18.3 Å². The van der Waals surface area contributed by atoms with Crippen LogP contribution in [0.2, 0.25) is 0 Å². The van der Waals surface area contributed by atoms with Crippen molar-refractivity contribution in [2.45, 2.75) is 25.8 Å². The molecule has 0 bridgehead atoms. The van der Waals surface area contributed by atoms with Crippen molar-refractivity contribution in [3.63, 3.8) is 0 Å². The predicted octanol–water partition coefficient (Wildman–Crippen LogP) is 5.94. The molecule has 0 saturated heterocycles. The van der Waals surface area contributed by atoms with Crippen LogP contribution in [-0.4, -0.2) is 34.2 Å². The fraction of sp³-hybridized carbons (Fsp3) is 0.217. The Morgan fingerprint density at radius 1 is 1.12 bits per heavy atom. The third-order valence-corrected chi connectivity index (χ3v) is 8.03. The minimum absolute atomic E-state index is 0.168. The van der Waals surface area contributed by atoms with Crippen LogP contribution in [0.25, 0.3) is 20.7 Å². The zero-order valence-corrected chi connectivity index (χ0v) is 20.2. The summed E-state index contributed by atoms with van der Waals surface area (Å²) in [6.45, 7) is 5.83. The van der Waals surface area contributed by atoms with E-state index in [1.807, 2.05) is 32.0 Å². The monoisotopic (exact) mass is 483 g/mol. The highest BCUT2D eigenvalue weighted by molar-refractivity contribution is 8.00. The molecule has 0 saturated carbocycles. The maximum atomic E-state index is 12.7. The van der Waals surface area contributed by atoms with Crippen molar-refractivity contribution in [3.8, 4) is 10.4 Å². The number of benzene rings is 1. The molecule has 1 amide bonds. The van der Waals surface area contributed by atoms with Crippen LogP contribution in [-0.2, 0) is 9.53 Å². The molecule has 32 heavy (non-hydrogen) atoms. The molecule has 0 aliphatic heterocycles. The van der Waals surface area contributed by atoms with Crippen molar-refractivity contribution < 1.29 is 14.3 Å². The lowest BCUT2D eigenvalue weighted by molar-refractivity contribution is -0.113. The number of aryl methyl sites for hydroxylation is 1. The van der Waals surface area contributed by atoms with Gasteiger partial charge in [-0.05, 0) is 38.0 Å². The Balaban J connectivity index is 1.50. The van der Waals surface area contributed by atoms with Crippen molar-refractivity contribution in [3.05, 3.63) is 58.7 Å². The minimum atomic E-state index is -0.415. The van der Waals surface area contributed by atoms with E-state index < -0.39 is 5.97 Å². The number of carbonyl (C=O) groups is 2. The highest BCUT2D eigenvalue weighted by atomic mass is 32.2. The lowest BCUT2D eigenvalue weighted by Crippen LogP contribution is -2.16. The summed E-state index contributed by atoms with van der Waals surface area (Å²) in [6.07, 6.45) is 1.53. The molecule has 4 rings (SSSR count). The third kappa shape index (κ3) is 4.69. The highest BCUT2D eigenvalue weighted by Gasteiger charge is 2.22. The molecule has 0 unspecified atom stereocenters. The van der Waals surface area contributed by atoms with Gasteiger partial charge in [-0.15, -0.1) is 22.7 Å². The number of hydrogen-bond donors (Lipinski definition) is 1. The van der Waals surface area contributed by atoms with Crippen molar-refractivity contribution in [2.24, 2.45) is 0 Å². The predicted molar refractivity (Wildman–Crippen MR) is 132 cm³/mol. The van der Waals surface area contributed by atoms with Crippen LogP contribution in [0.5, 0.6) is 0 Å². The molecule has 3 aromatic heterocycles. The van der Waals surface area contributed by atoms with Crippen LogP contribution < -0.4 is 5.32 Å². The number of fused-ring (bicyclic) bond motifs is 1. The molecular weight excluding hydrogens is 462 g/mol. The number of amides is 1. The number of carbonyl (C=O) groups excluding carboxylic acids is 2. The number of hydrogen-bond acceptors (Lipinski definition) is 8. The summed E-state index contributed by atoms with van der Waals surface area (Å²) in [7, 11) is 0. The van der Waals surface area contributed by atoms with E-state index in [4.69, 9.17) is 4.74 Å². The lowest BCUT2D eigenvalue weighted by atomic mass is 10.1. The number of ether oxygens (including phenoxy) is 1. The van der Waals surface area contributed by atoms with Gasteiger partial charge in [0, 0.05) is 15.1 Å². The largest absolute Gasteiger partial charge is 0.462 e. The fourth-order valence-corrected chi connectivity index (χ4v) is 6.06. The number of rotatable bonds is 7. The summed E-state index contributed by atoms with van der Waals surface area (Å²) in [4.78, 5) is 36.8. The first-order valence-corrected chi connectivity index (χ1v) is 12.6. The van der Waals surface area contributed by atoms with E-state index in [-0.39, 0.29) is 18.3 Å². The van der Waals surface area contributed by atoms with Gasteiger partial charge in [0.2, 0.25) is 5.91 Å². The second-order valence-corrected chi connectivity index (χ2v) is 10.1. The Labute approximate surface area is 198 Å². The molecule has 1 aromatic carbocycles. The smallest absolute Gasteiger partial charge is 0.341 e. The van der Waals surface area contributed by atoms with Crippen molar-refractivity contribution in [1.82, 2.24) is 9.97 Å². The number of esters is 1. The van der Waals surface area contributed by atoms with E-state index in [9.17, 15) is 9.59 Å². The van der Waals surface area contributed by atoms with Crippen molar-refractivity contribution in [1.29, 1.82) is 0 Å². The van der Waals surface area contributed by atoms with Crippen LogP contribution in [0.3, 0.4) is 0 Å². The van der Waals surface area contributed by atoms with Gasteiger partial charge in [-0.25, -0.2) is 14.8 Å². The SMILES string of the molecule is CCOC(=O)c1c(NC(=O)CSc2ncnc3sc(-c4ccccc4)cc23)sc(C)c1C. The van der Waals surface area contributed by atoms with Gasteiger partial charge in [0.05, 0.1) is 17.9 Å². The Bertz CT molecular complexity index is 1280. The van der Waals surface area contributed by atoms with Crippen LogP contribution in [0.4, 0.5) is 5.00 Å². The van der Waals surface area contributed by atoms with Crippen LogP contribution in [0.15, 0.2) is 47.8 Å². The van der Waals surface area contributed by atoms with Gasteiger partial charge in [-0.2, -0.15) is 0 Å². The number of nitrogens with one attached hydrogen (secondary N) is 1. The topological polar surface area (TPSA) is 81.2 Å². The van der Waals surface area contributed by atoms with Gasteiger partial charge in [0.15, 0.2) is 0 Å². The van der Waals surface area contributed by atoms with E-state index in [2.05, 4.69) is 33.5 Å². The lowest BCUT2D eigenvalue weighted by Gasteiger charge is -2.07. The Morgan fingerprint density at radius 3 is 2.66 bits per heavy atom. The molecule has 0 aliphatic carbocycles. The zero-order chi connectivity index (χ0) is 22.7. The normalized spacial score (nSPS) is 11.0. The quantitative estimate of drug-likeness (QED) is 0.199. The van der Waals surface area contributed by atoms with Crippen LogP contribution in [0.1, 0.15) is 27.7 Å². The molecular formula is C23H21N3O3S3. The first-order valence-electron chi connectivity index (χ1n) is 9.97. The van der Waals surface area contributed by atoms with Gasteiger partial charge in [-0.3, -0.25) is 4.79 Å². The number of anilines is 1. The molecule has 0 radical (unpaired) electrons. The summed E-state index contributed by atoms with van der Waals surface area (Å²) < 4.78 is 5.16. The van der Waals surface area contributed by atoms with Gasteiger partial charge in [0.25, 0.3) is 0 Å². The highest BCUT2D eigenvalue weighted by Crippen LogP contribution is 2.37. The van der Waals surface area contributed by atoms with Crippen LogP contribution in [0, 0.1) is 13.8 Å². The summed E-state index contributed by atoms with van der Waals surface area (Å²) in [5.74, 6) is -0.449. The molecule has 0 atom stereocenters. The summed E-state index contributed by atoms with van der Waals surface area (Å²) in [6, 6.07) is 12.2. The first kappa shape index (κ1) is 22.4. The van der Waals surface area contributed by atoms with Crippen molar-refractivity contribution >= 4 is 61.5 Å². The average Bonchev–Trinajstić information content (AvgIpc) is 3.34. The second kappa shape index (κ2) is 9.81. The van der Waals surface area contributed by atoms with E-state index in [0.717, 1.165) is 36.1 Å². The molecule has 0 fully saturated rings. The Kier molecular flexibility index (Phi) is 6.88. The molecule has 164 valence electrons. The number of thiophene rings is 2. The van der Waals surface area contributed by atoms with Gasteiger partial charge in [0.1, 0.15) is 21.2 Å². The van der Waals surface area contributed by atoms with Crippen molar-refractivity contribution in [2.75, 3.05) is 17.7 Å². The maximum Gasteiger partial charge on any atom is 0.341 e. The molecule has 6 nitrogen and oxygen atoms in total. The first-order chi connectivity index (χ1) is 15.5. The Morgan fingerprint density at radius 2 is 1.91 bits per heavy atom. The van der Waals surface area contributed by atoms with E-state index in [0.29, 0.717) is 10.6 Å². The fourth-order valence-electron chi connectivity index (χ4n) is 3.15. The van der Waals surface area contributed by atoms with E-state index in [1.165, 1.54) is 29.4 Å². The number of nitrogens with zero attached hydrogens (tertiary/aromatic N) is 2. The number of thioether (sulfide) groups is 1. The van der Waals surface area contributed by atoms with E-state index >= 15 is 0 Å². The van der Waals surface area contributed by atoms with Gasteiger partial charge < -0.3 is 10.1 Å². The van der Waals surface area contributed by atoms with Crippen LogP contribution >= 0.6 is 34.4 Å². The summed E-state index contributed by atoms with van der Waals surface area (Å²) in [5.41, 5.74) is 2.39. The molecule has 1 N–H and O–H groups in total. The van der Waals surface area contributed by atoms with Gasteiger partial charge >= 0.3 is 5.97 Å². The van der Waals surface area contributed by atoms with Gasteiger partial charge in [-0.1, -0.05) is 42.1 Å². The minimum Gasteiger partial charge on any atom is -0.462 e. The summed E-state index contributed by atoms with van der Waals surface area (Å²) in [5, 5.41) is 5.10. The second-order valence-electron chi connectivity index (χ2n) is 6.92.